The normalized spacial score (nSPS) is 13.0. The molecule has 0 aliphatic heterocycles. The highest BCUT2D eigenvalue weighted by molar-refractivity contribution is 6.30. The van der Waals surface area contributed by atoms with Crippen molar-refractivity contribution >= 4 is 11.6 Å². The smallest absolute Gasteiger partial charge is 0.0721 e. The summed E-state index contributed by atoms with van der Waals surface area (Å²) in [6.07, 6.45) is 1.29. The second-order valence-electron chi connectivity index (χ2n) is 4.53. The standard InChI is InChI=1S/C14H22ClNO/c1-4-14(9-16-11(2)3)17-10-12-5-7-13(15)8-6-12/h5-8,11,14,16H,4,9-10H2,1-3H3. The Hall–Kier alpha value is -0.570. The molecule has 0 spiro atoms. The lowest BCUT2D eigenvalue weighted by molar-refractivity contribution is 0.0372. The Bertz CT molecular complexity index is 311. The van der Waals surface area contributed by atoms with Crippen LogP contribution >= 0.6 is 11.6 Å². The summed E-state index contributed by atoms with van der Waals surface area (Å²) in [5.41, 5.74) is 1.16. The molecule has 0 aromatic heterocycles. The first-order chi connectivity index (χ1) is 8.11. The van der Waals surface area contributed by atoms with Crippen molar-refractivity contribution in [2.75, 3.05) is 6.54 Å². The number of ether oxygens (including phenoxy) is 1. The van der Waals surface area contributed by atoms with E-state index in [1.807, 2.05) is 24.3 Å². The minimum absolute atomic E-state index is 0.271. The Morgan fingerprint density at radius 1 is 1.24 bits per heavy atom. The maximum atomic E-state index is 5.86. The summed E-state index contributed by atoms with van der Waals surface area (Å²) in [6.45, 7) is 7.99. The van der Waals surface area contributed by atoms with E-state index in [1.54, 1.807) is 0 Å². The Balaban J connectivity index is 2.34. The third-order valence-corrected chi connectivity index (χ3v) is 2.86. The van der Waals surface area contributed by atoms with Crippen LogP contribution in [0.25, 0.3) is 0 Å². The van der Waals surface area contributed by atoms with Crippen LogP contribution in [0.15, 0.2) is 24.3 Å². The summed E-state index contributed by atoms with van der Waals surface area (Å²) in [5, 5.41) is 4.16. The van der Waals surface area contributed by atoms with E-state index in [0.29, 0.717) is 12.6 Å². The van der Waals surface area contributed by atoms with Crippen molar-refractivity contribution in [1.29, 1.82) is 0 Å². The fraction of sp³-hybridized carbons (Fsp3) is 0.571. The lowest BCUT2D eigenvalue weighted by Crippen LogP contribution is -2.33. The van der Waals surface area contributed by atoms with Gasteiger partial charge in [-0.3, -0.25) is 0 Å². The van der Waals surface area contributed by atoms with Crippen LogP contribution in [0.3, 0.4) is 0 Å². The summed E-state index contributed by atoms with van der Waals surface area (Å²) in [4.78, 5) is 0. The first-order valence-electron chi connectivity index (χ1n) is 6.21. The molecular weight excluding hydrogens is 234 g/mol. The Morgan fingerprint density at radius 2 is 1.88 bits per heavy atom. The average molecular weight is 256 g/mol. The highest BCUT2D eigenvalue weighted by Crippen LogP contribution is 2.11. The highest BCUT2D eigenvalue weighted by Gasteiger charge is 2.07. The average Bonchev–Trinajstić information content (AvgIpc) is 2.31. The van der Waals surface area contributed by atoms with Crippen molar-refractivity contribution in [3.05, 3.63) is 34.9 Å². The molecule has 0 aliphatic rings. The van der Waals surface area contributed by atoms with Gasteiger partial charge in [0, 0.05) is 17.6 Å². The molecule has 2 nitrogen and oxygen atoms in total. The molecular formula is C14H22ClNO. The van der Waals surface area contributed by atoms with Crippen LogP contribution in [0.5, 0.6) is 0 Å². The van der Waals surface area contributed by atoms with E-state index < -0.39 is 0 Å². The molecule has 1 aromatic rings. The van der Waals surface area contributed by atoms with Gasteiger partial charge in [-0.15, -0.1) is 0 Å². The molecule has 0 fully saturated rings. The third kappa shape index (κ3) is 6.06. The lowest BCUT2D eigenvalue weighted by atomic mass is 10.2. The monoisotopic (exact) mass is 255 g/mol. The second kappa shape index (κ2) is 7.70. The number of hydrogen-bond acceptors (Lipinski definition) is 2. The van der Waals surface area contributed by atoms with Gasteiger partial charge in [0.25, 0.3) is 0 Å². The predicted octanol–water partition coefficient (Wildman–Crippen LogP) is 3.63. The van der Waals surface area contributed by atoms with E-state index in [4.69, 9.17) is 16.3 Å². The van der Waals surface area contributed by atoms with Gasteiger partial charge in [-0.2, -0.15) is 0 Å². The largest absolute Gasteiger partial charge is 0.372 e. The molecule has 3 heteroatoms. The van der Waals surface area contributed by atoms with E-state index in [1.165, 1.54) is 0 Å². The minimum Gasteiger partial charge on any atom is -0.372 e. The highest BCUT2D eigenvalue weighted by atomic mass is 35.5. The van der Waals surface area contributed by atoms with Gasteiger partial charge in [0.15, 0.2) is 0 Å². The van der Waals surface area contributed by atoms with Gasteiger partial charge in [0.05, 0.1) is 12.7 Å². The van der Waals surface area contributed by atoms with Crippen molar-refractivity contribution in [3.8, 4) is 0 Å². The van der Waals surface area contributed by atoms with Crippen molar-refractivity contribution in [2.45, 2.75) is 45.9 Å². The molecule has 17 heavy (non-hydrogen) atoms. The molecule has 0 bridgehead atoms. The van der Waals surface area contributed by atoms with Gasteiger partial charge in [-0.1, -0.05) is 44.5 Å². The molecule has 0 aliphatic carbocycles. The number of hydrogen-bond donors (Lipinski definition) is 1. The second-order valence-corrected chi connectivity index (χ2v) is 4.97. The molecule has 0 heterocycles. The molecule has 1 N–H and O–H groups in total. The summed E-state index contributed by atoms with van der Waals surface area (Å²) >= 11 is 5.84. The van der Waals surface area contributed by atoms with Crippen molar-refractivity contribution in [2.24, 2.45) is 0 Å². The summed E-state index contributed by atoms with van der Waals surface area (Å²) in [6, 6.07) is 8.31. The van der Waals surface area contributed by atoms with E-state index in [-0.39, 0.29) is 6.10 Å². The molecule has 0 saturated carbocycles. The third-order valence-electron chi connectivity index (χ3n) is 2.61. The summed E-state index contributed by atoms with van der Waals surface area (Å²) in [7, 11) is 0. The Kier molecular flexibility index (Phi) is 6.56. The molecule has 1 atom stereocenters. The quantitative estimate of drug-likeness (QED) is 0.803. The first kappa shape index (κ1) is 14.5. The van der Waals surface area contributed by atoms with E-state index in [9.17, 15) is 0 Å². The molecule has 96 valence electrons. The van der Waals surface area contributed by atoms with Crippen LogP contribution in [0.1, 0.15) is 32.8 Å². The molecule has 0 amide bonds. The lowest BCUT2D eigenvalue weighted by Gasteiger charge is -2.18. The molecule has 1 aromatic carbocycles. The van der Waals surface area contributed by atoms with Crippen LogP contribution < -0.4 is 5.32 Å². The van der Waals surface area contributed by atoms with Crippen molar-refractivity contribution < 1.29 is 4.74 Å². The number of nitrogens with one attached hydrogen (secondary N) is 1. The van der Waals surface area contributed by atoms with E-state index in [0.717, 1.165) is 23.6 Å². The van der Waals surface area contributed by atoms with E-state index in [2.05, 4.69) is 26.1 Å². The van der Waals surface area contributed by atoms with Gasteiger partial charge in [0.1, 0.15) is 0 Å². The summed E-state index contributed by atoms with van der Waals surface area (Å²) in [5.74, 6) is 0. The van der Waals surface area contributed by atoms with Gasteiger partial charge in [0.2, 0.25) is 0 Å². The molecule has 0 saturated heterocycles. The van der Waals surface area contributed by atoms with Crippen LogP contribution in [0.2, 0.25) is 5.02 Å². The zero-order valence-electron chi connectivity index (χ0n) is 10.9. The topological polar surface area (TPSA) is 21.3 Å². The molecule has 0 radical (unpaired) electrons. The van der Waals surface area contributed by atoms with Crippen LogP contribution in [-0.2, 0) is 11.3 Å². The zero-order valence-corrected chi connectivity index (χ0v) is 11.6. The maximum Gasteiger partial charge on any atom is 0.0721 e. The van der Waals surface area contributed by atoms with Crippen molar-refractivity contribution in [1.82, 2.24) is 5.32 Å². The fourth-order valence-corrected chi connectivity index (χ4v) is 1.61. The predicted molar refractivity (Wildman–Crippen MR) is 73.5 cm³/mol. The SMILES string of the molecule is CCC(CNC(C)C)OCc1ccc(Cl)cc1. The van der Waals surface area contributed by atoms with Gasteiger partial charge >= 0.3 is 0 Å². The zero-order chi connectivity index (χ0) is 12.7. The first-order valence-corrected chi connectivity index (χ1v) is 6.59. The van der Waals surface area contributed by atoms with Gasteiger partial charge in [-0.05, 0) is 24.1 Å². The molecule has 1 rings (SSSR count). The Labute approximate surface area is 109 Å². The maximum absolute atomic E-state index is 5.86. The minimum atomic E-state index is 0.271. The van der Waals surface area contributed by atoms with Crippen LogP contribution in [0.4, 0.5) is 0 Å². The van der Waals surface area contributed by atoms with Crippen molar-refractivity contribution in [3.63, 3.8) is 0 Å². The number of halogens is 1. The van der Waals surface area contributed by atoms with E-state index >= 15 is 0 Å². The van der Waals surface area contributed by atoms with Crippen LogP contribution in [0, 0.1) is 0 Å². The van der Waals surface area contributed by atoms with Gasteiger partial charge in [-0.25, -0.2) is 0 Å². The fourth-order valence-electron chi connectivity index (χ4n) is 1.48. The summed E-state index contributed by atoms with van der Waals surface area (Å²) < 4.78 is 5.86. The number of benzene rings is 1. The van der Waals surface area contributed by atoms with Crippen LogP contribution in [-0.4, -0.2) is 18.7 Å². The molecule has 1 unspecified atom stereocenters. The number of rotatable bonds is 7. The van der Waals surface area contributed by atoms with Gasteiger partial charge < -0.3 is 10.1 Å². The Morgan fingerprint density at radius 3 is 2.41 bits per heavy atom.